The van der Waals surface area contributed by atoms with E-state index < -0.39 is 12.1 Å². The zero-order valence-electron chi connectivity index (χ0n) is 16.8. The van der Waals surface area contributed by atoms with Crippen LogP contribution < -0.4 is 5.32 Å². The smallest absolute Gasteiger partial charge is 0.287 e. The zero-order valence-corrected chi connectivity index (χ0v) is 16.8. The zero-order chi connectivity index (χ0) is 20.3. The number of hydrogen-bond acceptors (Lipinski definition) is 3. The molecule has 0 aliphatic rings. The number of carbonyl (C=O) groups excluding carboxylic acids is 1. The van der Waals surface area contributed by atoms with Gasteiger partial charge in [0.1, 0.15) is 5.76 Å². The number of aryl methyl sites for hydroxylation is 3. The number of amides is 1. The maximum Gasteiger partial charge on any atom is 0.287 e. The summed E-state index contributed by atoms with van der Waals surface area (Å²) < 4.78 is 5.78. The summed E-state index contributed by atoms with van der Waals surface area (Å²) in [6, 6.07) is 16.7. The van der Waals surface area contributed by atoms with Crippen molar-refractivity contribution in [3.8, 4) is 0 Å². The molecule has 4 heteroatoms. The normalized spacial score (nSPS) is 13.2. The average Bonchev–Trinajstić information content (AvgIpc) is 3.13. The van der Waals surface area contributed by atoms with Crippen molar-refractivity contribution >= 4 is 5.91 Å². The topological polar surface area (TPSA) is 62.5 Å². The van der Waals surface area contributed by atoms with E-state index in [1.807, 2.05) is 36.4 Å². The molecule has 0 aliphatic carbocycles. The molecule has 0 fully saturated rings. The Labute approximate surface area is 166 Å². The first-order valence-corrected chi connectivity index (χ1v) is 9.54. The molecule has 1 aromatic heterocycles. The van der Waals surface area contributed by atoms with E-state index in [4.69, 9.17) is 4.42 Å². The fourth-order valence-corrected chi connectivity index (χ4v) is 3.55. The molecule has 0 spiro atoms. The molecule has 146 valence electrons. The molecule has 2 N–H and O–H groups in total. The van der Waals surface area contributed by atoms with Crippen LogP contribution in [0.5, 0.6) is 0 Å². The second kappa shape index (κ2) is 8.44. The van der Waals surface area contributed by atoms with Crippen LogP contribution in [-0.4, -0.2) is 17.1 Å². The Balaban J connectivity index is 1.67. The van der Waals surface area contributed by atoms with Crippen molar-refractivity contribution in [3.05, 3.63) is 93.9 Å². The van der Waals surface area contributed by atoms with Crippen molar-refractivity contribution in [1.29, 1.82) is 0 Å². The summed E-state index contributed by atoms with van der Waals surface area (Å²) in [5.74, 6) is 0.673. The minimum absolute atomic E-state index is 0.254. The predicted octanol–water partition coefficient (Wildman–Crippen LogP) is 4.65. The molecule has 0 saturated carbocycles. The highest BCUT2D eigenvalue weighted by Crippen LogP contribution is 2.22. The van der Waals surface area contributed by atoms with Gasteiger partial charge in [0.15, 0.2) is 5.76 Å². The molecule has 28 heavy (non-hydrogen) atoms. The summed E-state index contributed by atoms with van der Waals surface area (Å²) in [5.41, 5.74) is 5.67. The number of furan rings is 1. The summed E-state index contributed by atoms with van der Waals surface area (Å²) in [4.78, 5) is 12.5. The van der Waals surface area contributed by atoms with Gasteiger partial charge in [-0.2, -0.15) is 0 Å². The van der Waals surface area contributed by atoms with Crippen LogP contribution in [0.1, 0.15) is 57.2 Å². The van der Waals surface area contributed by atoms with Gasteiger partial charge < -0.3 is 14.8 Å². The molecular weight excluding hydrogens is 350 g/mol. The Hall–Kier alpha value is -2.85. The van der Waals surface area contributed by atoms with Gasteiger partial charge in [-0.1, -0.05) is 48.0 Å². The second-order valence-corrected chi connectivity index (χ2v) is 7.44. The summed E-state index contributed by atoms with van der Waals surface area (Å²) >= 11 is 0. The highest BCUT2D eigenvalue weighted by atomic mass is 16.4. The average molecular weight is 377 g/mol. The van der Waals surface area contributed by atoms with Gasteiger partial charge in [-0.05, 0) is 62.1 Å². The van der Waals surface area contributed by atoms with Gasteiger partial charge in [-0.3, -0.25) is 4.79 Å². The van der Waals surface area contributed by atoms with Crippen molar-refractivity contribution < 1.29 is 14.3 Å². The lowest BCUT2D eigenvalue weighted by Crippen LogP contribution is -2.36. The van der Waals surface area contributed by atoms with Crippen molar-refractivity contribution in [3.63, 3.8) is 0 Å². The summed E-state index contributed by atoms with van der Waals surface area (Å²) in [7, 11) is 0. The van der Waals surface area contributed by atoms with Crippen molar-refractivity contribution in [1.82, 2.24) is 5.32 Å². The molecule has 1 amide bonds. The van der Waals surface area contributed by atoms with E-state index in [1.165, 1.54) is 22.3 Å². The SMILES string of the molecule is Cc1cc(C)c(Cc2ccc(C(=O)N[C@@H](C)[C@H](O)c3ccccc3)o2)c(C)c1. The Morgan fingerprint density at radius 1 is 1.04 bits per heavy atom. The van der Waals surface area contributed by atoms with E-state index in [1.54, 1.807) is 13.0 Å². The number of aliphatic hydroxyl groups excluding tert-OH is 1. The number of aliphatic hydroxyl groups is 1. The van der Waals surface area contributed by atoms with Gasteiger partial charge in [0.05, 0.1) is 12.1 Å². The van der Waals surface area contributed by atoms with E-state index in [-0.39, 0.29) is 11.7 Å². The molecule has 2 atom stereocenters. The predicted molar refractivity (Wildman–Crippen MR) is 110 cm³/mol. The van der Waals surface area contributed by atoms with Crippen LogP contribution in [0, 0.1) is 20.8 Å². The Morgan fingerprint density at radius 3 is 2.32 bits per heavy atom. The fraction of sp³-hybridized carbons (Fsp3) is 0.292. The van der Waals surface area contributed by atoms with Gasteiger partial charge in [0, 0.05) is 6.42 Å². The molecule has 0 saturated heterocycles. The number of nitrogens with one attached hydrogen (secondary N) is 1. The standard InChI is InChI=1S/C24H27NO3/c1-15-12-16(2)21(17(3)13-15)14-20-10-11-22(28-20)24(27)25-18(4)23(26)19-8-6-5-7-9-19/h5-13,18,23,26H,14H2,1-4H3,(H,25,27)/t18-,23-/m0/s1. The van der Waals surface area contributed by atoms with Crippen LogP contribution in [0.3, 0.4) is 0 Å². The molecule has 3 rings (SSSR count). The fourth-order valence-electron chi connectivity index (χ4n) is 3.55. The molecule has 0 radical (unpaired) electrons. The van der Waals surface area contributed by atoms with Gasteiger partial charge in [0.25, 0.3) is 5.91 Å². The summed E-state index contributed by atoms with van der Waals surface area (Å²) in [6.07, 6.45) is -0.134. The van der Waals surface area contributed by atoms with E-state index in [0.29, 0.717) is 6.42 Å². The molecular formula is C24H27NO3. The molecule has 2 aromatic carbocycles. The van der Waals surface area contributed by atoms with Crippen molar-refractivity contribution in [2.24, 2.45) is 0 Å². The van der Waals surface area contributed by atoms with Crippen LogP contribution in [0.15, 0.2) is 59.0 Å². The molecule has 4 nitrogen and oxygen atoms in total. The highest BCUT2D eigenvalue weighted by molar-refractivity contribution is 5.91. The van der Waals surface area contributed by atoms with Crippen LogP contribution >= 0.6 is 0 Å². The van der Waals surface area contributed by atoms with Crippen molar-refractivity contribution in [2.45, 2.75) is 46.3 Å². The molecule has 0 bridgehead atoms. The van der Waals surface area contributed by atoms with Crippen LogP contribution in [-0.2, 0) is 6.42 Å². The lowest BCUT2D eigenvalue weighted by Gasteiger charge is -2.20. The largest absolute Gasteiger partial charge is 0.456 e. The summed E-state index contributed by atoms with van der Waals surface area (Å²) in [5, 5.41) is 13.2. The number of hydrogen-bond donors (Lipinski definition) is 2. The quantitative estimate of drug-likeness (QED) is 0.657. The maximum atomic E-state index is 12.5. The van der Waals surface area contributed by atoms with Crippen molar-refractivity contribution in [2.75, 3.05) is 0 Å². The van der Waals surface area contributed by atoms with Gasteiger partial charge >= 0.3 is 0 Å². The van der Waals surface area contributed by atoms with Crippen LogP contribution in [0.2, 0.25) is 0 Å². The Kier molecular flexibility index (Phi) is 6.00. The minimum Gasteiger partial charge on any atom is -0.456 e. The van der Waals surface area contributed by atoms with E-state index in [0.717, 1.165) is 11.3 Å². The molecule has 1 heterocycles. The highest BCUT2D eigenvalue weighted by Gasteiger charge is 2.21. The molecule has 0 unspecified atom stereocenters. The van der Waals surface area contributed by atoms with Gasteiger partial charge in [0.2, 0.25) is 0 Å². The summed E-state index contributed by atoms with van der Waals surface area (Å²) in [6.45, 7) is 8.06. The van der Waals surface area contributed by atoms with E-state index >= 15 is 0 Å². The van der Waals surface area contributed by atoms with E-state index in [9.17, 15) is 9.90 Å². The monoisotopic (exact) mass is 377 g/mol. The molecule has 3 aromatic rings. The van der Waals surface area contributed by atoms with Gasteiger partial charge in [-0.25, -0.2) is 0 Å². The van der Waals surface area contributed by atoms with Crippen LogP contribution in [0.4, 0.5) is 0 Å². The molecule has 0 aliphatic heterocycles. The van der Waals surface area contributed by atoms with E-state index in [2.05, 4.69) is 38.2 Å². The lowest BCUT2D eigenvalue weighted by atomic mass is 9.97. The minimum atomic E-state index is -0.780. The first-order chi connectivity index (χ1) is 13.3. The number of carbonyl (C=O) groups is 1. The Morgan fingerprint density at radius 2 is 1.68 bits per heavy atom. The second-order valence-electron chi connectivity index (χ2n) is 7.44. The first kappa shape index (κ1) is 19.9. The third-order valence-electron chi connectivity index (χ3n) is 5.05. The first-order valence-electron chi connectivity index (χ1n) is 9.54. The number of rotatable bonds is 6. The Bertz CT molecular complexity index is 936. The lowest BCUT2D eigenvalue weighted by molar-refractivity contribution is 0.0824. The number of benzene rings is 2. The maximum absolute atomic E-state index is 12.5. The third-order valence-corrected chi connectivity index (χ3v) is 5.05. The van der Waals surface area contributed by atoms with Crippen LogP contribution in [0.25, 0.3) is 0 Å². The van der Waals surface area contributed by atoms with Gasteiger partial charge in [-0.15, -0.1) is 0 Å². The third kappa shape index (κ3) is 4.52.